The van der Waals surface area contributed by atoms with E-state index in [1.165, 1.54) is 49.4 Å². The van der Waals surface area contributed by atoms with Gasteiger partial charge in [0.1, 0.15) is 6.33 Å². The van der Waals surface area contributed by atoms with Crippen molar-refractivity contribution in [2.45, 2.75) is 38.0 Å². The molecule has 1 aromatic heterocycles. The molecule has 4 rings (SSSR count). The van der Waals surface area contributed by atoms with Gasteiger partial charge >= 0.3 is 0 Å². The SMILES string of the molecule is c1nc2c(c([C@H]3CCOC3)n1)CCN(CC1CC1)CC2. The summed E-state index contributed by atoms with van der Waals surface area (Å²) in [7, 11) is 0. The predicted octanol–water partition coefficient (Wildman–Crippen LogP) is 1.79. The van der Waals surface area contributed by atoms with Gasteiger partial charge in [-0.05, 0) is 37.2 Å². The molecule has 0 spiro atoms. The van der Waals surface area contributed by atoms with Gasteiger partial charge < -0.3 is 9.64 Å². The number of fused-ring (bicyclic) bond motifs is 1. The van der Waals surface area contributed by atoms with Crippen LogP contribution in [0.3, 0.4) is 0 Å². The number of aromatic nitrogens is 2. The molecule has 3 heterocycles. The zero-order valence-corrected chi connectivity index (χ0v) is 12.1. The van der Waals surface area contributed by atoms with Crippen LogP contribution in [0.15, 0.2) is 6.33 Å². The van der Waals surface area contributed by atoms with Gasteiger partial charge in [0.2, 0.25) is 0 Å². The minimum absolute atomic E-state index is 0.502. The van der Waals surface area contributed by atoms with Crippen molar-refractivity contribution >= 4 is 0 Å². The van der Waals surface area contributed by atoms with Gasteiger partial charge in [-0.2, -0.15) is 0 Å². The first-order valence-corrected chi connectivity index (χ1v) is 8.03. The third kappa shape index (κ3) is 2.59. The molecule has 4 heteroatoms. The van der Waals surface area contributed by atoms with Crippen LogP contribution in [-0.4, -0.2) is 47.7 Å². The molecule has 20 heavy (non-hydrogen) atoms. The lowest BCUT2D eigenvalue weighted by molar-refractivity contribution is 0.193. The van der Waals surface area contributed by atoms with Crippen LogP contribution >= 0.6 is 0 Å². The van der Waals surface area contributed by atoms with E-state index in [0.29, 0.717) is 5.92 Å². The quantitative estimate of drug-likeness (QED) is 0.841. The van der Waals surface area contributed by atoms with Crippen molar-refractivity contribution < 1.29 is 4.74 Å². The number of rotatable bonds is 3. The Hall–Kier alpha value is -1.00. The lowest BCUT2D eigenvalue weighted by Crippen LogP contribution is -2.28. The van der Waals surface area contributed by atoms with Gasteiger partial charge in [-0.25, -0.2) is 9.97 Å². The summed E-state index contributed by atoms with van der Waals surface area (Å²) in [6.45, 7) is 5.37. The van der Waals surface area contributed by atoms with E-state index < -0.39 is 0 Å². The molecule has 0 radical (unpaired) electrons. The summed E-state index contributed by atoms with van der Waals surface area (Å²) in [5, 5.41) is 0. The Morgan fingerprint density at radius 2 is 2.05 bits per heavy atom. The molecule has 1 saturated heterocycles. The standard InChI is InChI=1S/C16H23N3O/c1-2-12(1)9-19-6-3-14-15(4-7-19)17-11-18-16(14)13-5-8-20-10-13/h11-13H,1-10H2/t13-/m0/s1. The zero-order valence-electron chi connectivity index (χ0n) is 12.1. The van der Waals surface area contributed by atoms with Crippen molar-refractivity contribution in [1.29, 1.82) is 0 Å². The van der Waals surface area contributed by atoms with E-state index in [-0.39, 0.29) is 0 Å². The molecule has 0 bridgehead atoms. The largest absolute Gasteiger partial charge is 0.381 e. The van der Waals surface area contributed by atoms with Crippen molar-refractivity contribution in [3.63, 3.8) is 0 Å². The van der Waals surface area contributed by atoms with Crippen molar-refractivity contribution in [3.8, 4) is 0 Å². The Balaban J connectivity index is 1.54. The van der Waals surface area contributed by atoms with Crippen molar-refractivity contribution in [3.05, 3.63) is 23.3 Å². The summed E-state index contributed by atoms with van der Waals surface area (Å²) in [4.78, 5) is 11.8. The van der Waals surface area contributed by atoms with Gasteiger partial charge in [-0.1, -0.05) is 0 Å². The molecule has 0 unspecified atom stereocenters. The van der Waals surface area contributed by atoms with Crippen LogP contribution in [0.2, 0.25) is 0 Å². The first-order valence-electron chi connectivity index (χ1n) is 8.03. The molecular weight excluding hydrogens is 250 g/mol. The monoisotopic (exact) mass is 273 g/mol. The normalized spacial score (nSPS) is 27.3. The Bertz CT molecular complexity index is 481. The molecule has 1 aromatic rings. The van der Waals surface area contributed by atoms with Crippen molar-refractivity contribution in [2.75, 3.05) is 32.8 Å². The second-order valence-electron chi connectivity index (χ2n) is 6.49. The molecule has 4 nitrogen and oxygen atoms in total. The maximum atomic E-state index is 5.54. The molecule has 0 N–H and O–H groups in total. The van der Waals surface area contributed by atoms with Gasteiger partial charge in [0.25, 0.3) is 0 Å². The minimum Gasteiger partial charge on any atom is -0.381 e. The van der Waals surface area contributed by atoms with Gasteiger partial charge in [-0.15, -0.1) is 0 Å². The summed E-state index contributed by atoms with van der Waals surface area (Å²) in [5.41, 5.74) is 4.00. The highest BCUT2D eigenvalue weighted by Gasteiger charge is 2.28. The fraction of sp³-hybridized carbons (Fsp3) is 0.750. The van der Waals surface area contributed by atoms with Crippen LogP contribution in [0.25, 0.3) is 0 Å². The fourth-order valence-corrected chi connectivity index (χ4v) is 3.55. The molecular formula is C16H23N3O. The van der Waals surface area contributed by atoms with Crippen LogP contribution < -0.4 is 0 Å². The van der Waals surface area contributed by atoms with Crippen LogP contribution in [0.1, 0.15) is 42.1 Å². The molecule has 2 fully saturated rings. The van der Waals surface area contributed by atoms with E-state index in [1.54, 1.807) is 6.33 Å². The summed E-state index contributed by atoms with van der Waals surface area (Å²) in [6.07, 6.45) is 7.97. The van der Waals surface area contributed by atoms with Crippen molar-refractivity contribution in [2.24, 2.45) is 5.92 Å². The van der Waals surface area contributed by atoms with Crippen LogP contribution in [0.4, 0.5) is 0 Å². The van der Waals surface area contributed by atoms with Gasteiger partial charge in [-0.3, -0.25) is 0 Å². The lowest BCUT2D eigenvalue weighted by Gasteiger charge is -2.19. The fourth-order valence-electron chi connectivity index (χ4n) is 3.55. The minimum atomic E-state index is 0.502. The highest BCUT2D eigenvalue weighted by molar-refractivity contribution is 5.30. The predicted molar refractivity (Wildman–Crippen MR) is 76.8 cm³/mol. The highest BCUT2D eigenvalue weighted by Crippen LogP contribution is 2.32. The summed E-state index contributed by atoms with van der Waals surface area (Å²) < 4.78 is 5.54. The summed E-state index contributed by atoms with van der Waals surface area (Å²) in [6, 6.07) is 0. The highest BCUT2D eigenvalue weighted by atomic mass is 16.5. The maximum absolute atomic E-state index is 5.54. The molecule has 1 aliphatic carbocycles. The van der Waals surface area contributed by atoms with Crippen molar-refractivity contribution in [1.82, 2.24) is 14.9 Å². The molecule has 108 valence electrons. The number of hydrogen-bond acceptors (Lipinski definition) is 4. The molecule has 1 saturated carbocycles. The molecule has 0 aromatic carbocycles. The van der Waals surface area contributed by atoms with E-state index >= 15 is 0 Å². The van der Waals surface area contributed by atoms with Gasteiger partial charge in [0.05, 0.1) is 12.3 Å². The Morgan fingerprint density at radius 3 is 2.85 bits per heavy atom. The first-order chi connectivity index (χ1) is 9.90. The third-order valence-electron chi connectivity index (χ3n) is 4.94. The Kier molecular flexibility index (Phi) is 3.44. The van der Waals surface area contributed by atoms with Gasteiger partial charge in [0, 0.05) is 44.3 Å². The van der Waals surface area contributed by atoms with E-state index in [0.717, 1.165) is 38.4 Å². The van der Waals surface area contributed by atoms with E-state index in [9.17, 15) is 0 Å². The second kappa shape index (κ2) is 5.41. The summed E-state index contributed by atoms with van der Waals surface area (Å²) in [5.74, 6) is 1.48. The zero-order chi connectivity index (χ0) is 13.4. The summed E-state index contributed by atoms with van der Waals surface area (Å²) >= 11 is 0. The van der Waals surface area contributed by atoms with E-state index in [1.807, 2.05) is 0 Å². The number of ether oxygens (including phenoxy) is 1. The molecule has 3 aliphatic rings. The average molecular weight is 273 g/mol. The number of nitrogens with zero attached hydrogens (tertiary/aromatic N) is 3. The van der Waals surface area contributed by atoms with Crippen LogP contribution in [0.5, 0.6) is 0 Å². The van der Waals surface area contributed by atoms with Crippen LogP contribution in [-0.2, 0) is 17.6 Å². The molecule has 1 atom stereocenters. The average Bonchev–Trinajstić information content (AvgIpc) is 3.17. The lowest BCUT2D eigenvalue weighted by atomic mass is 9.96. The van der Waals surface area contributed by atoms with Crippen LogP contribution in [0, 0.1) is 5.92 Å². The molecule has 0 amide bonds. The molecule has 2 aliphatic heterocycles. The van der Waals surface area contributed by atoms with Gasteiger partial charge in [0.15, 0.2) is 0 Å². The smallest absolute Gasteiger partial charge is 0.115 e. The third-order valence-corrected chi connectivity index (χ3v) is 4.94. The van der Waals surface area contributed by atoms with E-state index in [4.69, 9.17) is 4.74 Å². The number of hydrogen-bond donors (Lipinski definition) is 0. The first kappa shape index (κ1) is 12.7. The second-order valence-corrected chi connectivity index (χ2v) is 6.49. The maximum Gasteiger partial charge on any atom is 0.115 e. The Morgan fingerprint density at radius 1 is 1.15 bits per heavy atom. The van der Waals surface area contributed by atoms with E-state index in [2.05, 4.69) is 14.9 Å². The topological polar surface area (TPSA) is 38.3 Å². The Labute approximate surface area is 120 Å².